The van der Waals surface area contributed by atoms with Crippen molar-refractivity contribution >= 4 is 35.8 Å². The van der Waals surface area contributed by atoms with E-state index in [9.17, 15) is 4.79 Å². The third-order valence-electron chi connectivity index (χ3n) is 5.04. The van der Waals surface area contributed by atoms with Crippen molar-refractivity contribution in [3.63, 3.8) is 0 Å². The number of nitrogens with one attached hydrogen (secondary N) is 1. The third-order valence-corrected chi connectivity index (χ3v) is 5.04. The highest BCUT2D eigenvalue weighted by molar-refractivity contribution is 14.0. The zero-order valence-electron chi connectivity index (χ0n) is 15.7. The second kappa shape index (κ2) is 11.9. The van der Waals surface area contributed by atoms with E-state index in [-0.39, 0.29) is 29.9 Å². The predicted molar refractivity (Wildman–Crippen MR) is 113 cm³/mol. The summed E-state index contributed by atoms with van der Waals surface area (Å²) in [6, 6.07) is 0. The standard InChI is InChI=1S/C17H34N6O.HI/c1-19-17(23-9-3-5-15(14-23)13-16(18)24)20-6-10-22-8-4-7-21(2)11-12-22;/h15H,3-14H2,1-2H3,(H2,18,24)(H,19,20);1H. The van der Waals surface area contributed by atoms with Gasteiger partial charge in [-0.05, 0) is 45.3 Å². The highest BCUT2D eigenvalue weighted by Gasteiger charge is 2.23. The fourth-order valence-electron chi connectivity index (χ4n) is 3.69. The Hall–Kier alpha value is -0.610. The Bertz CT molecular complexity index is 433. The normalized spacial score (nSPS) is 23.7. The van der Waals surface area contributed by atoms with Gasteiger partial charge in [-0.25, -0.2) is 0 Å². The van der Waals surface area contributed by atoms with Crippen LogP contribution in [0, 0.1) is 5.92 Å². The van der Waals surface area contributed by atoms with Crippen LogP contribution in [0.25, 0.3) is 0 Å². The predicted octanol–water partition coefficient (Wildman–Crippen LogP) is 0.405. The molecular formula is C17H35IN6O. The van der Waals surface area contributed by atoms with Gasteiger partial charge in [0, 0.05) is 52.7 Å². The fraction of sp³-hybridized carbons (Fsp3) is 0.882. The molecule has 2 saturated heterocycles. The van der Waals surface area contributed by atoms with Gasteiger partial charge in [-0.15, -0.1) is 24.0 Å². The Balaban J connectivity index is 0.00000312. The van der Waals surface area contributed by atoms with Crippen LogP contribution in [-0.4, -0.2) is 93.0 Å². The summed E-state index contributed by atoms with van der Waals surface area (Å²) in [5.74, 6) is 1.11. The van der Waals surface area contributed by atoms with Gasteiger partial charge in [0.25, 0.3) is 0 Å². The van der Waals surface area contributed by atoms with Crippen LogP contribution in [-0.2, 0) is 4.79 Å². The molecule has 146 valence electrons. The number of piperidine rings is 1. The molecule has 8 heteroatoms. The number of likely N-dealkylation sites (tertiary alicyclic amines) is 1. The molecule has 2 fully saturated rings. The number of carbonyl (C=O) groups is 1. The van der Waals surface area contributed by atoms with Gasteiger partial charge in [-0.1, -0.05) is 0 Å². The summed E-state index contributed by atoms with van der Waals surface area (Å²) in [4.78, 5) is 22.8. The number of nitrogens with zero attached hydrogens (tertiary/aromatic N) is 4. The number of hydrogen-bond acceptors (Lipinski definition) is 4. The van der Waals surface area contributed by atoms with Gasteiger partial charge in [0.05, 0.1) is 0 Å². The lowest BCUT2D eigenvalue weighted by atomic mass is 9.95. The lowest BCUT2D eigenvalue weighted by molar-refractivity contribution is -0.119. The number of likely N-dealkylation sites (N-methyl/N-ethyl adjacent to an activating group) is 1. The summed E-state index contributed by atoms with van der Waals surface area (Å²) in [6.07, 6.45) is 3.90. The lowest BCUT2D eigenvalue weighted by Gasteiger charge is -2.35. The van der Waals surface area contributed by atoms with Crippen molar-refractivity contribution in [3.8, 4) is 0 Å². The maximum Gasteiger partial charge on any atom is 0.217 e. The summed E-state index contributed by atoms with van der Waals surface area (Å²) in [7, 11) is 4.03. The second-order valence-electron chi connectivity index (χ2n) is 7.10. The van der Waals surface area contributed by atoms with E-state index in [1.807, 2.05) is 7.05 Å². The maximum atomic E-state index is 11.2. The van der Waals surface area contributed by atoms with E-state index >= 15 is 0 Å². The molecule has 0 aromatic rings. The molecule has 1 amide bonds. The molecule has 3 N–H and O–H groups in total. The molecule has 2 aliphatic heterocycles. The van der Waals surface area contributed by atoms with Gasteiger partial charge in [0.15, 0.2) is 5.96 Å². The van der Waals surface area contributed by atoms with E-state index < -0.39 is 0 Å². The van der Waals surface area contributed by atoms with E-state index in [1.165, 1.54) is 19.5 Å². The Morgan fingerprint density at radius 3 is 2.72 bits per heavy atom. The second-order valence-corrected chi connectivity index (χ2v) is 7.10. The number of primary amides is 1. The van der Waals surface area contributed by atoms with Crippen molar-refractivity contribution in [1.29, 1.82) is 0 Å². The Labute approximate surface area is 169 Å². The summed E-state index contributed by atoms with van der Waals surface area (Å²) < 4.78 is 0. The molecule has 2 aliphatic rings. The first-order chi connectivity index (χ1) is 11.6. The minimum atomic E-state index is -0.198. The molecule has 1 atom stereocenters. The van der Waals surface area contributed by atoms with Crippen LogP contribution in [0.4, 0.5) is 0 Å². The first kappa shape index (κ1) is 22.4. The number of aliphatic imine (C=N–C) groups is 1. The monoisotopic (exact) mass is 466 g/mol. The number of carbonyl (C=O) groups excluding carboxylic acids is 1. The van der Waals surface area contributed by atoms with Crippen LogP contribution in [0.3, 0.4) is 0 Å². The summed E-state index contributed by atoms with van der Waals surface area (Å²) in [5.41, 5.74) is 5.35. The van der Waals surface area contributed by atoms with Crippen LogP contribution in [0.5, 0.6) is 0 Å². The topological polar surface area (TPSA) is 77.2 Å². The third kappa shape index (κ3) is 8.08. The summed E-state index contributed by atoms with van der Waals surface area (Å²) in [6.45, 7) is 8.49. The van der Waals surface area contributed by atoms with Crippen LogP contribution in [0.1, 0.15) is 25.7 Å². The SMILES string of the molecule is CN=C(NCCN1CCCN(C)CC1)N1CCCC(CC(N)=O)C1.I. The van der Waals surface area contributed by atoms with Crippen LogP contribution in [0.2, 0.25) is 0 Å². The molecule has 0 saturated carbocycles. The van der Waals surface area contributed by atoms with Crippen LogP contribution in [0.15, 0.2) is 4.99 Å². The van der Waals surface area contributed by atoms with Crippen molar-refractivity contribution < 1.29 is 4.79 Å². The van der Waals surface area contributed by atoms with Crippen LogP contribution >= 0.6 is 24.0 Å². The number of nitrogens with two attached hydrogens (primary N) is 1. The molecule has 25 heavy (non-hydrogen) atoms. The smallest absolute Gasteiger partial charge is 0.217 e. The molecule has 1 unspecified atom stereocenters. The molecule has 0 radical (unpaired) electrons. The van der Waals surface area contributed by atoms with E-state index in [4.69, 9.17) is 5.73 Å². The van der Waals surface area contributed by atoms with Gasteiger partial charge in [0.1, 0.15) is 0 Å². The van der Waals surface area contributed by atoms with E-state index in [2.05, 4.69) is 32.1 Å². The van der Waals surface area contributed by atoms with E-state index in [0.717, 1.165) is 58.1 Å². The highest BCUT2D eigenvalue weighted by atomic mass is 127. The van der Waals surface area contributed by atoms with Crippen molar-refractivity contribution in [2.45, 2.75) is 25.7 Å². The number of amides is 1. The van der Waals surface area contributed by atoms with E-state index in [0.29, 0.717) is 12.3 Å². The summed E-state index contributed by atoms with van der Waals surface area (Å²) >= 11 is 0. The number of guanidine groups is 1. The average Bonchev–Trinajstić information content (AvgIpc) is 2.76. The molecule has 2 heterocycles. The zero-order valence-corrected chi connectivity index (χ0v) is 18.1. The average molecular weight is 466 g/mol. The molecule has 7 nitrogen and oxygen atoms in total. The Morgan fingerprint density at radius 2 is 2.00 bits per heavy atom. The Kier molecular flexibility index (Phi) is 10.7. The van der Waals surface area contributed by atoms with Gasteiger partial charge in [-0.3, -0.25) is 9.79 Å². The maximum absolute atomic E-state index is 11.2. The lowest BCUT2D eigenvalue weighted by Crippen LogP contribution is -2.48. The van der Waals surface area contributed by atoms with Gasteiger partial charge in [0.2, 0.25) is 5.91 Å². The molecule has 0 aromatic heterocycles. The summed E-state index contributed by atoms with van der Waals surface area (Å²) in [5, 5.41) is 3.50. The quantitative estimate of drug-likeness (QED) is 0.349. The molecule has 2 rings (SSSR count). The van der Waals surface area contributed by atoms with Crippen molar-refractivity contribution in [3.05, 3.63) is 0 Å². The largest absolute Gasteiger partial charge is 0.370 e. The number of halogens is 1. The number of rotatable bonds is 5. The Morgan fingerprint density at radius 1 is 1.20 bits per heavy atom. The molecule has 0 spiro atoms. The van der Waals surface area contributed by atoms with Gasteiger partial charge in [-0.2, -0.15) is 0 Å². The van der Waals surface area contributed by atoms with Crippen molar-refractivity contribution in [1.82, 2.24) is 20.0 Å². The zero-order chi connectivity index (χ0) is 17.4. The molecular weight excluding hydrogens is 431 g/mol. The minimum absolute atomic E-state index is 0. The number of hydrogen-bond donors (Lipinski definition) is 2. The minimum Gasteiger partial charge on any atom is -0.370 e. The highest BCUT2D eigenvalue weighted by Crippen LogP contribution is 2.19. The van der Waals surface area contributed by atoms with Gasteiger partial charge < -0.3 is 25.8 Å². The van der Waals surface area contributed by atoms with Crippen molar-refractivity contribution in [2.75, 3.05) is 66.5 Å². The molecule has 0 aliphatic carbocycles. The fourth-order valence-corrected chi connectivity index (χ4v) is 3.69. The molecule has 0 aromatic carbocycles. The van der Waals surface area contributed by atoms with Crippen molar-refractivity contribution in [2.24, 2.45) is 16.6 Å². The molecule has 0 bridgehead atoms. The van der Waals surface area contributed by atoms with Crippen LogP contribution < -0.4 is 11.1 Å². The van der Waals surface area contributed by atoms with Gasteiger partial charge >= 0.3 is 0 Å². The first-order valence-corrected chi connectivity index (χ1v) is 9.23. The van der Waals surface area contributed by atoms with E-state index in [1.54, 1.807) is 0 Å². The first-order valence-electron chi connectivity index (χ1n) is 9.23.